The van der Waals surface area contributed by atoms with Crippen LogP contribution >= 0.6 is 0 Å². The second-order valence-corrected chi connectivity index (χ2v) is 3.64. The number of H-pyrrole nitrogens is 1. The zero-order valence-electron chi connectivity index (χ0n) is 8.79. The van der Waals surface area contributed by atoms with Gasteiger partial charge in [0.1, 0.15) is 0 Å². The Morgan fingerprint density at radius 3 is 3.00 bits per heavy atom. The Morgan fingerprint density at radius 2 is 2.18 bits per heavy atom. The van der Waals surface area contributed by atoms with Crippen LogP contribution in [0.3, 0.4) is 0 Å². The molecule has 0 fully saturated rings. The summed E-state index contributed by atoms with van der Waals surface area (Å²) in [6, 6.07) is 6.86. The van der Waals surface area contributed by atoms with Crippen molar-refractivity contribution in [2.24, 2.45) is 0 Å². The zero-order valence-corrected chi connectivity index (χ0v) is 8.79. The van der Waals surface area contributed by atoms with Gasteiger partial charge in [-0.1, -0.05) is 0 Å². The summed E-state index contributed by atoms with van der Waals surface area (Å²) >= 11 is 0. The maximum atomic E-state index is 11.2. The zero-order chi connectivity index (χ0) is 11.8. The molecule has 2 heterocycles. The number of anilines is 1. The van der Waals surface area contributed by atoms with E-state index in [2.05, 4.69) is 15.1 Å². The normalized spacial score (nSPS) is 10.8. The van der Waals surface area contributed by atoms with Gasteiger partial charge in [-0.15, -0.1) is 0 Å². The molecule has 0 unspecified atom stereocenters. The number of benzene rings is 1. The molecule has 0 spiro atoms. The minimum absolute atomic E-state index is 0.220. The fourth-order valence-electron chi connectivity index (χ4n) is 1.69. The molecule has 3 N–H and O–H groups in total. The van der Waals surface area contributed by atoms with Crippen LogP contribution < -0.4 is 11.3 Å². The molecular formula is C11H9N5O. The Morgan fingerprint density at radius 1 is 1.29 bits per heavy atom. The lowest BCUT2D eigenvalue weighted by atomic mass is 10.2. The van der Waals surface area contributed by atoms with Crippen molar-refractivity contribution in [1.82, 2.24) is 19.7 Å². The average Bonchev–Trinajstić information content (AvgIpc) is 2.71. The summed E-state index contributed by atoms with van der Waals surface area (Å²) in [6.07, 6.45) is 3.05. The molecule has 2 aromatic heterocycles. The van der Waals surface area contributed by atoms with Gasteiger partial charge >= 0.3 is 0 Å². The molecule has 0 bridgehead atoms. The van der Waals surface area contributed by atoms with E-state index in [0.29, 0.717) is 11.5 Å². The fourth-order valence-corrected chi connectivity index (χ4v) is 1.69. The number of hydrogen-bond acceptors (Lipinski definition) is 4. The predicted octanol–water partition coefficient (Wildman–Crippen LogP) is 0.691. The van der Waals surface area contributed by atoms with E-state index >= 15 is 0 Å². The molecule has 0 saturated heterocycles. The number of fused-ring (bicyclic) bond motifs is 1. The molecule has 1 aromatic carbocycles. The number of nitrogens with one attached hydrogen (secondary N) is 1. The summed E-state index contributed by atoms with van der Waals surface area (Å²) in [6.45, 7) is 0. The molecule has 3 rings (SSSR count). The lowest BCUT2D eigenvalue weighted by molar-refractivity contribution is 0.861. The molecule has 0 aliphatic rings. The second kappa shape index (κ2) is 3.44. The van der Waals surface area contributed by atoms with Gasteiger partial charge in [-0.05, 0) is 18.2 Å². The van der Waals surface area contributed by atoms with Crippen LogP contribution in [0.2, 0.25) is 0 Å². The van der Waals surface area contributed by atoms with Gasteiger partial charge in [-0.3, -0.25) is 4.79 Å². The SMILES string of the molecule is Nc1ccc2cnn(-c3cc(=O)[nH]cn3)c2c1. The first-order valence-electron chi connectivity index (χ1n) is 5.02. The van der Waals surface area contributed by atoms with Gasteiger partial charge in [0.15, 0.2) is 5.82 Å². The van der Waals surface area contributed by atoms with Crippen LogP contribution in [-0.4, -0.2) is 19.7 Å². The summed E-state index contributed by atoms with van der Waals surface area (Å²) in [5.41, 5.74) is 6.98. The summed E-state index contributed by atoms with van der Waals surface area (Å²) in [5.74, 6) is 0.467. The van der Waals surface area contributed by atoms with Crippen molar-refractivity contribution in [1.29, 1.82) is 0 Å². The van der Waals surface area contributed by atoms with Gasteiger partial charge in [0.25, 0.3) is 5.56 Å². The van der Waals surface area contributed by atoms with E-state index in [1.54, 1.807) is 23.0 Å². The maximum Gasteiger partial charge on any atom is 0.252 e. The molecule has 0 atom stereocenters. The van der Waals surface area contributed by atoms with E-state index in [1.807, 2.05) is 6.07 Å². The van der Waals surface area contributed by atoms with Crippen LogP contribution in [0.1, 0.15) is 0 Å². The van der Waals surface area contributed by atoms with Crippen molar-refractivity contribution < 1.29 is 0 Å². The summed E-state index contributed by atoms with van der Waals surface area (Å²) in [4.78, 5) is 17.8. The van der Waals surface area contributed by atoms with Crippen molar-refractivity contribution in [2.45, 2.75) is 0 Å². The fraction of sp³-hybridized carbons (Fsp3) is 0. The topological polar surface area (TPSA) is 89.6 Å². The van der Waals surface area contributed by atoms with Gasteiger partial charge in [0.05, 0.1) is 18.0 Å². The van der Waals surface area contributed by atoms with Crippen LogP contribution in [-0.2, 0) is 0 Å². The second-order valence-electron chi connectivity index (χ2n) is 3.64. The van der Waals surface area contributed by atoms with Gasteiger partial charge in [0, 0.05) is 17.1 Å². The van der Waals surface area contributed by atoms with Gasteiger partial charge < -0.3 is 10.7 Å². The Balaban J connectivity index is 2.30. The lowest BCUT2D eigenvalue weighted by Gasteiger charge is -2.01. The first-order chi connectivity index (χ1) is 8.24. The monoisotopic (exact) mass is 227 g/mol. The van der Waals surface area contributed by atoms with E-state index in [-0.39, 0.29) is 5.56 Å². The minimum atomic E-state index is -0.220. The largest absolute Gasteiger partial charge is 0.399 e. The molecule has 84 valence electrons. The number of aromatic nitrogens is 4. The first-order valence-corrected chi connectivity index (χ1v) is 5.02. The van der Waals surface area contributed by atoms with Gasteiger partial charge in [-0.25, -0.2) is 9.67 Å². The molecule has 0 saturated carbocycles. The highest BCUT2D eigenvalue weighted by Gasteiger charge is 2.06. The van der Waals surface area contributed by atoms with Gasteiger partial charge in [-0.2, -0.15) is 5.10 Å². The third-order valence-electron chi connectivity index (χ3n) is 2.48. The summed E-state index contributed by atoms with van der Waals surface area (Å²) in [7, 11) is 0. The number of hydrogen-bond donors (Lipinski definition) is 2. The number of nitrogen functional groups attached to an aromatic ring is 1. The summed E-state index contributed by atoms with van der Waals surface area (Å²) in [5, 5.41) is 5.14. The van der Waals surface area contributed by atoms with E-state index in [1.165, 1.54) is 12.4 Å². The van der Waals surface area contributed by atoms with E-state index in [9.17, 15) is 4.79 Å². The highest BCUT2D eigenvalue weighted by molar-refractivity contribution is 5.83. The third-order valence-corrected chi connectivity index (χ3v) is 2.48. The molecule has 0 amide bonds. The Hall–Kier alpha value is -2.63. The van der Waals surface area contributed by atoms with E-state index in [4.69, 9.17) is 5.73 Å². The average molecular weight is 227 g/mol. The van der Waals surface area contributed by atoms with Crippen LogP contribution in [0.15, 0.2) is 41.6 Å². The van der Waals surface area contributed by atoms with Crippen molar-refractivity contribution in [3.63, 3.8) is 0 Å². The van der Waals surface area contributed by atoms with Crippen LogP contribution in [0.4, 0.5) is 5.69 Å². The Bertz CT molecular complexity index is 743. The van der Waals surface area contributed by atoms with Crippen molar-refractivity contribution in [3.8, 4) is 5.82 Å². The molecule has 6 nitrogen and oxygen atoms in total. The van der Waals surface area contributed by atoms with Crippen LogP contribution in [0.5, 0.6) is 0 Å². The highest BCUT2D eigenvalue weighted by Crippen LogP contribution is 2.18. The standard InChI is InChI=1S/C11H9N5O/c12-8-2-1-7-5-15-16(9(7)3-8)10-4-11(17)14-6-13-10/h1-6H,12H2,(H,13,14,17). The number of aromatic amines is 1. The molecule has 0 radical (unpaired) electrons. The molecule has 6 heteroatoms. The highest BCUT2D eigenvalue weighted by atomic mass is 16.1. The number of nitrogens with zero attached hydrogens (tertiary/aromatic N) is 3. The number of rotatable bonds is 1. The predicted molar refractivity (Wildman–Crippen MR) is 63.9 cm³/mol. The quantitative estimate of drug-likeness (QED) is 0.598. The molecule has 0 aliphatic heterocycles. The van der Waals surface area contributed by atoms with Crippen molar-refractivity contribution in [2.75, 3.05) is 5.73 Å². The molecule has 0 aliphatic carbocycles. The van der Waals surface area contributed by atoms with Gasteiger partial charge in [0.2, 0.25) is 0 Å². The van der Waals surface area contributed by atoms with Crippen LogP contribution in [0.25, 0.3) is 16.7 Å². The Labute approximate surface area is 95.7 Å². The van der Waals surface area contributed by atoms with Crippen LogP contribution in [0, 0.1) is 0 Å². The Kier molecular flexibility index (Phi) is 1.94. The minimum Gasteiger partial charge on any atom is -0.399 e. The van der Waals surface area contributed by atoms with Crippen molar-refractivity contribution >= 4 is 16.6 Å². The lowest BCUT2D eigenvalue weighted by Crippen LogP contribution is -2.09. The smallest absolute Gasteiger partial charge is 0.252 e. The maximum absolute atomic E-state index is 11.2. The van der Waals surface area contributed by atoms with E-state index < -0.39 is 0 Å². The molecule has 17 heavy (non-hydrogen) atoms. The molecule has 3 aromatic rings. The van der Waals surface area contributed by atoms with E-state index in [0.717, 1.165) is 10.9 Å². The first kappa shape index (κ1) is 9.59. The molecular weight excluding hydrogens is 218 g/mol. The summed E-state index contributed by atoms with van der Waals surface area (Å²) < 4.78 is 1.58. The van der Waals surface area contributed by atoms with Crippen molar-refractivity contribution in [3.05, 3.63) is 47.1 Å². The number of nitrogens with two attached hydrogens (primary N) is 1. The third kappa shape index (κ3) is 1.55.